The fourth-order valence-corrected chi connectivity index (χ4v) is 3.25. The van der Waals surface area contributed by atoms with Gasteiger partial charge in [-0.3, -0.25) is 9.59 Å². The monoisotopic (exact) mass is 540 g/mol. The summed E-state index contributed by atoms with van der Waals surface area (Å²) >= 11 is 0. The van der Waals surface area contributed by atoms with Crippen LogP contribution >= 0.6 is 0 Å². The van der Waals surface area contributed by atoms with Crippen molar-refractivity contribution in [3.8, 4) is 0 Å². The minimum Gasteiger partial charge on any atom is -0.461 e. The predicted octanol–water partition coefficient (Wildman–Crippen LogP) is 3.29. The van der Waals surface area contributed by atoms with Crippen molar-refractivity contribution in [3.05, 3.63) is 71.3 Å². The summed E-state index contributed by atoms with van der Waals surface area (Å²) in [7, 11) is 0. The number of ether oxygens (including phenoxy) is 2. The number of alkyl carbamates (subject to hydrolysis) is 1. The number of esters is 1. The van der Waals surface area contributed by atoms with Gasteiger partial charge in [-0.1, -0.05) is 59.8 Å². The Morgan fingerprint density at radius 1 is 0.974 bits per heavy atom. The number of amidine groups is 1. The Bertz CT molecular complexity index is 1140. The topological polar surface area (TPSA) is 158 Å². The van der Waals surface area contributed by atoms with Gasteiger partial charge in [-0.15, -0.1) is 0 Å². The van der Waals surface area contributed by atoms with Crippen LogP contribution in [0.25, 0.3) is 0 Å². The highest BCUT2D eigenvalue weighted by Crippen LogP contribution is 2.10. The third kappa shape index (κ3) is 12.6. The first-order valence-corrected chi connectivity index (χ1v) is 12.5. The lowest BCUT2D eigenvalue weighted by Crippen LogP contribution is -2.48. The van der Waals surface area contributed by atoms with Crippen LogP contribution in [0.4, 0.5) is 4.79 Å². The molecule has 0 aliphatic carbocycles. The number of nitrogens with zero attached hydrogens (tertiary/aromatic N) is 1. The number of carbonyl (C=O) groups is 4. The number of rotatable bonds is 12. The first-order chi connectivity index (χ1) is 18.4. The van der Waals surface area contributed by atoms with E-state index in [-0.39, 0.29) is 31.8 Å². The molecular weight excluding hydrogens is 504 g/mol. The van der Waals surface area contributed by atoms with Crippen LogP contribution in [0, 0.1) is 0 Å². The minimum atomic E-state index is -0.924. The average Bonchev–Trinajstić information content (AvgIpc) is 2.88. The SMILES string of the molecule is CC(=O)O/N=C(\N)c1ccc(CNC(=O)[C@H](CCCC(=O)OCc2ccccc2)NC(=O)OC(C)(C)C)cc1. The molecule has 0 saturated carbocycles. The van der Waals surface area contributed by atoms with Crippen LogP contribution in [0.5, 0.6) is 0 Å². The number of hydrogen-bond acceptors (Lipinski definition) is 8. The number of amides is 2. The first kappa shape index (κ1) is 30.8. The van der Waals surface area contributed by atoms with E-state index in [1.807, 2.05) is 30.3 Å². The van der Waals surface area contributed by atoms with Crippen molar-refractivity contribution < 1.29 is 33.5 Å². The fraction of sp³-hybridized carbons (Fsp3) is 0.393. The second-order valence-corrected chi connectivity index (χ2v) is 9.71. The molecule has 0 radical (unpaired) electrons. The van der Waals surface area contributed by atoms with Gasteiger partial charge in [0, 0.05) is 25.5 Å². The highest BCUT2D eigenvalue weighted by molar-refractivity contribution is 5.97. The van der Waals surface area contributed by atoms with Crippen LogP contribution in [-0.2, 0) is 41.8 Å². The normalized spacial score (nSPS) is 12.2. The van der Waals surface area contributed by atoms with Crippen molar-refractivity contribution in [1.29, 1.82) is 0 Å². The molecular formula is C28H36N4O7. The quantitative estimate of drug-likeness (QED) is 0.122. The summed E-state index contributed by atoms with van der Waals surface area (Å²) < 4.78 is 10.6. The van der Waals surface area contributed by atoms with Crippen LogP contribution in [0.2, 0.25) is 0 Å². The highest BCUT2D eigenvalue weighted by Gasteiger charge is 2.24. The second kappa shape index (κ2) is 15.1. The standard InChI is InChI=1S/C28H36N4O7/c1-19(33)39-32-25(29)22-15-13-20(14-16-22)17-30-26(35)23(31-27(36)38-28(2,3)4)11-8-12-24(34)37-18-21-9-6-5-7-10-21/h5-7,9-10,13-16,23H,8,11-12,17-18H2,1-4H3,(H2,29,32)(H,30,35)(H,31,36)/t23-/m0/s1. The lowest BCUT2D eigenvalue weighted by Gasteiger charge is -2.23. The first-order valence-electron chi connectivity index (χ1n) is 12.5. The van der Waals surface area contributed by atoms with Gasteiger partial charge < -0.3 is 30.7 Å². The average molecular weight is 541 g/mol. The summed E-state index contributed by atoms with van der Waals surface area (Å²) in [6, 6.07) is 15.2. The Morgan fingerprint density at radius 3 is 2.26 bits per heavy atom. The summed E-state index contributed by atoms with van der Waals surface area (Å²) in [5.41, 5.74) is 7.21. The van der Waals surface area contributed by atoms with E-state index in [0.717, 1.165) is 11.1 Å². The zero-order chi connectivity index (χ0) is 28.8. The van der Waals surface area contributed by atoms with Gasteiger partial charge in [0.1, 0.15) is 18.2 Å². The molecule has 0 unspecified atom stereocenters. The molecule has 2 rings (SSSR count). The number of benzene rings is 2. The highest BCUT2D eigenvalue weighted by atomic mass is 16.7. The van der Waals surface area contributed by atoms with Crippen LogP contribution in [0.15, 0.2) is 59.8 Å². The van der Waals surface area contributed by atoms with E-state index >= 15 is 0 Å². The van der Waals surface area contributed by atoms with E-state index in [9.17, 15) is 19.2 Å². The Hall–Kier alpha value is -4.41. The molecule has 0 heterocycles. The maximum atomic E-state index is 12.9. The van der Waals surface area contributed by atoms with Crippen LogP contribution in [0.3, 0.4) is 0 Å². The molecule has 11 nitrogen and oxygen atoms in total. The van der Waals surface area contributed by atoms with Gasteiger partial charge in [0.25, 0.3) is 0 Å². The van der Waals surface area contributed by atoms with Crippen LogP contribution in [-0.4, -0.2) is 41.4 Å². The predicted molar refractivity (Wildman–Crippen MR) is 144 cm³/mol. The van der Waals surface area contributed by atoms with Crippen molar-refractivity contribution in [2.24, 2.45) is 10.9 Å². The molecule has 4 N–H and O–H groups in total. The summed E-state index contributed by atoms with van der Waals surface area (Å²) in [5, 5.41) is 8.91. The lowest BCUT2D eigenvalue weighted by atomic mass is 10.1. The van der Waals surface area contributed by atoms with Crippen molar-refractivity contribution in [2.75, 3.05) is 0 Å². The van der Waals surface area contributed by atoms with Crippen molar-refractivity contribution in [3.63, 3.8) is 0 Å². The lowest BCUT2D eigenvalue weighted by molar-refractivity contribution is -0.145. The maximum Gasteiger partial charge on any atom is 0.408 e. The number of nitrogens with one attached hydrogen (secondary N) is 2. The molecule has 0 bridgehead atoms. The molecule has 2 aromatic carbocycles. The molecule has 0 aromatic heterocycles. The van der Waals surface area contributed by atoms with Crippen molar-refractivity contribution in [2.45, 2.75) is 71.8 Å². The van der Waals surface area contributed by atoms with E-state index in [2.05, 4.69) is 20.6 Å². The second-order valence-electron chi connectivity index (χ2n) is 9.71. The van der Waals surface area contributed by atoms with E-state index < -0.39 is 35.6 Å². The molecule has 0 aliphatic rings. The van der Waals surface area contributed by atoms with E-state index in [1.165, 1.54) is 6.92 Å². The summed E-state index contributed by atoms with van der Waals surface area (Å²) in [5.74, 6) is -1.38. The molecule has 0 saturated heterocycles. The van der Waals surface area contributed by atoms with Gasteiger partial charge in [0.2, 0.25) is 5.91 Å². The Labute approximate surface area is 228 Å². The smallest absolute Gasteiger partial charge is 0.408 e. The summed E-state index contributed by atoms with van der Waals surface area (Å²) in [6.07, 6.45) is -0.129. The fourth-order valence-electron chi connectivity index (χ4n) is 3.25. The van der Waals surface area contributed by atoms with E-state index in [1.54, 1.807) is 45.0 Å². The van der Waals surface area contributed by atoms with E-state index in [0.29, 0.717) is 12.0 Å². The van der Waals surface area contributed by atoms with Crippen LogP contribution in [0.1, 0.15) is 63.6 Å². The van der Waals surface area contributed by atoms with Gasteiger partial charge in [0.05, 0.1) is 0 Å². The maximum absolute atomic E-state index is 12.9. The Morgan fingerprint density at radius 2 is 1.64 bits per heavy atom. The number of hydrogen-bond donors (Lipinski definition) is 3. The number of oxime groups is 1. The third-order valence-electron chi connectivity index (χ3n) is 5.11. The minimum absolute atomic E-state index is 0.0321. The summed E-state index contributed by atoms with van der Waals surface area (Å²) in [4.78, 5) is 52.8. The molecule has 210 valence electrons. The van der Waals surface area contributed by atoms with Crippen LogP contribution < -0.4 is 16.4 Å². The van der Waals surface area contributed by atoms with Gasteiger partial charge >= 0.3 is 18.0 Å². The van der Waals surface area contributed by atoms with E-state index in [4.69, 9.17) is 15.2 Å². The molecule has 0 aliphatic heterocycles. The molecule has 0 fully saturated rings. The largest absolute Gasteiger partial charge is 0.461 e. The van der Waals surface area contributed by atoms with Crippen molar-refractivity contribution >= 4 is 29.8 Å². The molecule has 11 heteroatoms. The third-order valence-corrected chi connectivity index (χ3v) is 5.11. The molecule has 0 spiro atoms. The zero-order valence-corrected chi connectivity index (χ0v) is 22.7. The molecule has 39 heavy (non-hydrogen) atoms. The van der Waals surface area contributed by atoms with Gasteiger partial charge in [-0.05, 0) is 44.7 Å². The van der Waals surface area contributed by atoms with Gasteiger partial charge in [0.15, 0.2) is 5.84 Å². The molecule has 2 aromatic rings. The van der Waals surface area contributed by atoms with Gasteiger partial charge in [-0.2, -0.15) is 0 Å². The van der Waals surface area contributed by atoms with Gasteiger partial charge in [-0.25, -0.2) is 9.59 Å². The Kier molecular flexibility index (Phi) is 11.9. The number of nitrogens with two attached hydrogens (primary N) is 1. The number of carbonyl (C=O) groups excluding carboxylic acids is 4. The Balaban J connectivity index is 1.93. The van der Waals surface area contributed by atoms with Crippen molar-refractivity contribution in [1.82, 2.24) is 10.6 Å². The zero-order valence-electron chi connectivity index (χ0n) is 22.7. The summed E-state index contributed by atoms with van der Waals surface area (Å²) in [6.45, 7) is 6.71. The molecule has 1 atom stereocenters. The molecule has 2 amide bonds.